The number of nitrogens with one attached hydrogen (secondary N) is 2. The first kappa shape index (κ1) is 8.55. The van der Waals surface area contributed by atoms with Gasteiger partial charge in [0.2, 0.25) is 0 Å². The van der Waals surface area contributed by atoms with Gasteiger partial charge in [-0.15, -0.1) is 0 Å². The van der Waals surface area contributed by atoms with E-state index in [1.54, 1.807) is 7.05 Å². The van der Waals surface area contributed by atoms with Gasteiger partial charge < -0.3 is 5.32 Å². The summed E-state index contributed by atoms with van der Waals surface area (Å²) in [5.74, 6) is 0.985. The van der Waals surface area contributed by atoms with Crippen molar-refractivity contribution in [2.75, 3.05) is 18.1 Å². The van der Waals surface area contributed by atoms with Crippen LogP contribution in [0.5, 0.6) is 0 Å². The first-order chi connectivity index (χ1) is 6.12. The Hall–Kier alpha value is -1.04. The number of H-pyrrole nitrogens is 1. The van der Waals surface area contributed by atoms with Crippen molar-refractivity contribution >= 4 is 15.7 Å². The third kappa shape index (κ3) is 1.41. The van der Waals surface area contributed by atoms with Gasteiger partial charge >= 0.3 is 0 Å². The van der Waals surface area contributed by atoms with Crippen LogP contribution in [0.15, 0.2) is 0 Å². The van der Waals surface area contributed by atoms with E-state index >= 15 is 0 Å². The van der Waals surface area contributed by atoms with E-state index in [4.69, 9.17) is 0 Å². The molecule has 5 nitrogen and oxygen atoms in total. The molecule has 0 saturated carbocycles. The van der Waals surface area contributed by atoms with Gasteiger partial charge in [-0.25, -0.2) is 8.42 Å². The van der Waals surface area contributed by atoms with Crippen LogP contribution in [0, 0.1) is 0 Å². The molecule has 0 spiro atoms. The molecule has 1 aromatic heterocycles. The van der Waals surface area contributed by atoms with E-state index in [0.717, 1.165) is 11.3 Å². The summed E-state index contributed by atoms with van der Waals surface area (Å²) in [5.41, 5.74) is 1.74. The summed E-state index contributed by atoms with van der Waals surface area (Å²) >= 11 is 0. The van der Waals surface area contributed by atoms with Crippen LogP contribution >= 0.6 is 0 Å². The number of sulfone groups is 1. The van der Waals surface area contributed by atoms with Crippen molar-refractivity contribution in [3.8, 4) is 0 Å². The van der Waals surface area contributed by atoms with E-state index in [1.807, 2.05) is 0 Å². The lowest BCUT2D eigenvalue weighted by Crippen LogP contribution is -2.18. The molecule has 2 rings (SSSR count). The molecule has 0 atom stereocenters. The molecule has 72 valence electrons. The summed E-state index contributed by atoms with van der Waals surface area (Å²) < 4.78 is 22.6. The van der Waals surface area contributed by atoms with Crippen molar-refractivity contribution in [3.63, 3.8) is 0 Å². The fourth-order valence-corrected chi connectivity index (χ4v) is 2.93. The molecule has 0 fully saturated rings. The summed E-state index contributed by atoms with van der Waals surface area (Å²) in [5, 5.41) is 9.69. The van der Waals surface area contributed by atoms with Crippen LogP contribution < -0.4 is 5.32 Å². The van der Waals surface area contributed by atoms with E-state index in [1.165, 1.54) is 0 Å². The number of fused-ring (bicyclic) bond motifs is 1. The standard InChI is InChI=1S/C7H11N3O2S/c1-8-7-5-4-13(11,12)3-2-6(5)9-10-7/h2-4H2,1H3,(H2,8,9,10). The number of rotatable bonds is 1. The van der Waals surface area contributed by atoms with Gasteiger partial charge in [0.25, 0.3) is 0 Å². The molecule has 1 aliphatic heterocycles. The summed E-state index contributed by atoms with van der Waals surface area (Å²) in [6.07, 6.45) is 0.548. The molecule has 13 heavy (non-hydrogen) atoms. The van der Waals surface area contributed by atoms with Crippen LogP contribution in [0.4, 0.5) is 5.82 Å². The van der Waals surface area contributed by atoms with Crippen molar-refractivity contribution < 1.29 is 8.42 Å². The number of hydrogen-bond donors (Lipinski definition) is 2. The van der Waals surface area contributed by atoms with Crippen LogP contribution in [-0.2, 0) is 22.0 Å². The molecule has 1 aromatic rings. The lowest BCUT2D eigenvalue weighted by molar-refractivity contribution is 0.591. The van der Waals surface area contributed by atoms with Gasteiger partial charge in [-0.2, -0.15) is 5.10 Å². The number of aromatic amines is 1. The highest BCUT2D eigenvalue weighted by Crippen LogP contribution is 2.24. The SMILES string of the molecule is CNc1n[nH]c2c1CS(=O)(=O)CC2. The Morgan fingerprint density at radius 3 is 3.00 bits per heavy atom. The van der Waals surface area contributed by atoms with Crippen LogP contribution in [0.25, 0.3) is 0 Å². The number of nitrogens with zero attached hydrogens (tertiary/aromatic N) is 1. The van der Waals surface area contributed by atoms with E-state index < -0.39 is 9.84 Å². The second-order valence-electron chi connectivity index (χ2n) is 3.12. The van der Waals surface area contributed by atoms with Crippen molar-refractivity contribution in [2.45, 2.75) is 12.2 Å². The molecule has 0 aromatic carbocycles. The third-order valence-corrected chi connectivity index (χ3v) is 3.77. The predicted octanol–water partition coefficient (Wildman–Crippen LogP) is -0.0777. The Labute approximate surface area is 76.5 Å². The molecule has 2 N–H and O–H groups in total. The van der Waals surface area contributed by atoms with Gasteiger partial charge in [0.1, 0.15) is 0 Å². The Bertz CT molecular complexity index is 407. The molecular formula is C7H11N3O2S. The molecule has 0 radical (unpaired) electrons. The van der Waals surface area contributed by atoms with E-state index in [0.29, 0.717) is 12.2 Å². The minimum Gasteiger partial charge on any atom is -0.371 e. The molecule has 0 saturated heterocycles. The largest absolute Gasteiger partial charge is 0.371 e. The second-order valence-corrected chi connectivity index (χ2v) is 5.31. The topological polar surface area (TPSA) is 74.8 Å². The average Bonchev–Trinajstić information content (AvgIpc) is 2.44. The second kappa shape index (κ2) is 2.73. The molecule has 0 bridgehead atoms. The maximum Gasteiger partial charge on any atom is 0.155 e. The quantitative estimate of drug-likeness (QED) is 0.666. The van der Waals surface area contributed by atoms with Crippen molar-refractivity contribution in [1.82, 2.24) is 10.2 Å². The molecule has 0 amide bonds. The third-order valence-electron chi connectivity index (χ3n) is 2.22. The Kier molecular flexibility index (Phi) is 1.80. The number of aryl methyl sites for hydroxylation is 1. The zero-order valence-corrected chi connectivity index (χ0v) is 8.11. The summed E-state index contributed by atoms with van der Waals surface area (Å²) in [7, 11) is -1.16. The highest BCUT2D eigenvalue weighted by molar-refractivity contribution is 7.90. The van der Waals surface area contributed by atoms with Crippen molar-refractivity contribution in [1.29, 1.82) is 0 Å². The number of aromatic nitrogens is 2. The normalized spacial score (nSPS) is 19.5. The average molecular weight is 201 g/mol. The van der Waals surface area contributed by atoms with Crippen molar-refractivity contribution in [3.05, 3.63) is 11.3 Å². The molecule has 2 heterocycles. The molecule has 1 aliphatic rings. The maximum absolute atomic E-state index is 11.3. The number of anilines is 1. The summed E-state index contributed by atoms with van der Waals surface area (Å²) in [4.78, 5) is 0. The first-order valence-electron chi connectivity index (χ1n) is 4.07. The van der Waals surface area contributed by atoms with Gasteiger partial charge in [0.15, 0.2) is 15.7 Å². The van der Waals surface area contributed by atoms with Crippen LogP contribution in [0.3, 0.4) is 0 Å². The molecular weight excluding hydrogens is 190 g/mol. The Balaban J connectivity index is 2.47. The summed E-state index contributed by atoms with van der Waals surface area (Å²) in [6, 6.07) is 0. The lowest BCUT2D eigenvalue weighted by Gasteiger charge is -2.11. The molecule has 0 aliphatic carbocycles. The van der Waals surface area contributed by atoms with E-state index in [2.05, 4.69) is 15.5 Å². The zero-order valence-electron chi connectivity index (χ0n) is 7.29. The minimum atomic E-state index is -2.90. The fraction of sp³-hybridized carbons (Fsp3) is 0.571. The highest BCUT2D eigenvalue weighted by atomic mass is 32.2. The molecule has 0 unspecified atom stereocenters. The van der Waals surface area contributed by atoms with Gasteiger partial charge in [-0.05, 0) is 0 Å². The molecule has 6 heteroatoms. The van der Waals surface area contributed by atoms with Gasteiger partial charge in [-0.1, -0.05) is 0 Å². The summed E-state index contributed by atoms with van der Waals surface area (Å²) in [6.45, 7) is 0. The maximum atomic E-state index is 11.3. The minimum absolute atomic E-state index is 0.106. The van der Waals surface area contributed by atoms with Gasteiger partial charge in [-0.3, -0.25) is 5.10 Å². The number of hydrogen-bond acceptors (Lipinski definition) is 4. The monoisotopic (exact) mass is 201 g/mol. The van der Waals surface area contributed by atoms with Crippen LogP contribution in [0.1, 0.15) is 11.3 Å². The lowest BCUT2D eigenvalue weighted by atomic mass is 10.2. The Morgan fingerprint density at radius 2 is 2.31 bits per heavy atom. The zero-order chi connectivity index (χ0) is 9.47. The van der Waals surface area contributed by atoms with Crippen LogP contribution in [0.2, 0.25) is 0 Å². The Morgan fingerprint density at radius 1 is 1.54 bits per heavy atom. The smallest absolute Gasteiger partial charge is 0.155 e. The first-order valence-corrected chi connectivity index (χ1v) is 5.89. The van der Waals surface area contributed by atoms with E-state index in [9.17, 15) is 8.42 Å². The van der Waals surface area contributed by atoms with Crippen molar-refractivity contribution in [2.24, 2.45) is 0 Å². The van der Waals surface area contributed by atoms with Crippen LogP contribution in [-0.4, -0.2) is 31.4 Å². The van der Waals surface area contributed by atoms with Gasteiger partial charge in [0, 0.05) is 24.7 Å². The fourth-order valence-electron chi connectivity index (χ4n) is 1.52. The van der Waals surface area contributed by atoms with E-state index in [-0.39, 0.29) is 11.5 Å². The highest BCUT2D eigenvalue weighted by Gasteiger charge is 2.25. The van der Waals surface area contributed by atoms with Gasteiger partial charge in [0.05, 0.1) is 11.5 Å². The predicted molar refractivity (Wildman–Crippen MR) is 49.3 cm³/mol.